The summed E-state index contributed by atoms with van der Waals surface area (Å²) in [6, 6.07) is 7.00. The van der Waals surface area contributed by atoms with Crippen LogP contribution in [0.2, 0.25) is 0 Å². The summed E-state index contributed by atoms with van der Waals surface area (Å²) in [5, 5.41) is 12.5. The van der Waals surface area contributed by atoms with Gasteiger partial charge in [-0.1, -0.05) is 18.6 Å². The molecule has 2 rings (SSSR count). The third kappa shape index (κ3) is 3.37. The Hall–Kier alpha value is -1.26. The van der Waals surface area contributed by atoms with E-state index in [4.69, 9.17) is 5.73 Å². The Morgan fingerprint density at radius 2 is 2.11 bits per heavy atom. The lowest BCUT2D eigenvalue weighted by atomic mass is 10.1. The Bertz CT molecular complexity index is 412. The Morgan fingerprint density at radius 3 is 2.72 bits per heavy atom. The number of carbonyl (C=O) groups excluding carboxylic acids is 1. The molecule has 1 aliphatic carbocycles. The van der Waals surface area contributed by atoms with Crippen molar-refractivity contribution in [3.05, 3.63) is 29.8 Å². The number of nitrogen functional groups attached to an aromatic ring is 1. The summed E-state index contributed by atoms with van der Waals surface area (Å²) in [4.78, 5) is 11.9. The largest absolute Gasteiger partial charge is 0.398 e. The molecule has 0 spiro atoms. The third-order valence-corrected chi connectivity index (χ3v) is 3.35. The van der Waals surface area contributed by atoms with Gasteiger partial charge in [-0.2, -0.15) is 0 Å². The molecular weight excluding hydrogens is 252 g/mol. The fourth-order valence-electron chi connectivity index (χ4n) is 2.28. The predicted octanol–water partition coefficient (Wildman–Crippen LogP) is 1.58. The first-order valence-electron chi connectivity index (χ1n) is 5.99. The van der Waals surface area contributed by atoms with E-state index in [9.17, 15) is 9.90 Å². The number of nitrogens with two attached hydrogens (primary N) is 1. The molecule has 0 aliphatic heterocycles. The minimum Gasteiger partial charge on any atom is -0.398 e. The summed E-state index contributed by atoms with van der Waals surface area (Å²) in [5.74, 6) is 0.0195. The average molecular weight is 271 g/mol. The number of rotatable bonds is 3. The number of hydrogen-bond donors (Lipinski definition) is 3. The van der Waals surface area contributed by atoms with Gasteiger partial charge in [0, 0.05) is 18.2 Å². The van der Waals surface area contributed by atoms with E-state index in [1.165, 1.54) is 0 Å². The van der Waals surface area contributed by atoms with Gasteiger partial charge in [0.15, 0.2) is 0 Å². The maximum absolute atomic E-state index is 11.9. The first-order chi connectivity index (χ1) is 8.18. The van der Waals surface area contributed by atoms with E-state index < -0.39 is 0 Å². The first kappa shape index (κ1) is 14.8. The normalized spacial score (nSPS) is 22.3. The zero-order valence-electron chi connectivity index (χ0n) is 10.1. The topological polar surface area (TPSA) is 75.4 Å². The van der Waals surface area contributed by atoms with Gasteiger partial charge in [-0.3, -0.25) is 4.79 Å². The van der Waals surface area contributed by atoms with Crippen LogP contribution in [0.15, 0.2) is 24.3 Å². The summed E-state index contributed by atoms with van der Waals surface area (Å²) < 4.78 is 0. The molecule has 1 amide bonds. The van der Waals surface area contributed by atoms with E-state index in [-0.39, 0.29) is 30.3 Å². The van der Waals surface area contributed by atoms with Crippen LogP contribution in [0.3, 0.4) is 0 Å². The van der Waals surface area contributed by atoms with Gasteiger partial charge in [0.1, 0.15) is 0 Å². The Balaban J connectivity index is 0.00000162. The number of aliphatic hydroxyl groups is 1. The number of amides is 1. The molecule has 0 bridgehead atoms. The summed E-state index contributed by atoms with van der Waals surface area (Å²) in [6.45, 7) is 0.522. The molecule has 2 atom stereocenters. The quantitative estimate of drug-likeness (QED) is 0.730. The van der Waals surface area contributed by atoms with Crippen LogP contribution >= 0.6 is 12.4 Å². The minimum absolute atomic E-state index is 0. The number of anilines is 1. The van der Waals surface area contributed by atoms with Crippen LogP contribution < -0.4 is 11.1 Å². The van der Waals surface area contributed by atoms with Gasteiger partial charge in [0.05, 0.1) is 11.7 Å². The zero-order chi connectivity index (χ0) is 12.3. The van der Waals surface area contributed by atoms with Crippen molar-refractivity contribution in [1.29, 1.82) is 0 Å². The molecule has 4 nitrogen and oxygen atoms in total. The fourth-order valence-corrected chi connectivity index (χ4v) is 2.28. The fraction of sp³-hybridized carbons (Fsp3) is 0.462. The molecule has 100 valence electrons. The molecule has 4 N–H and O–H groups in total. The molecule has 1 saturated carbocycles. The van der Waals surface area contributed by atoms with Gasteiger partial charge in [-0.05, 0) is 25.0 Å². The van der Waals surface area contributed by atoms with Gasteiger partial charge in [0.2, 0.25) is 0 Å². The molecule has 18 heavy (non-hydrogen) atoms. The third-order valence-electron chi connectivity index (χ3n) is 3.35. The summed E-state index contributed by atoms with van der Waals surface area (Å²) in [5.41, 5.74) is 6.71. The Kier molecular flexibility index (Phi) is 5.44. The highest BCUT2D eigenvalue weighted by Crippen LogP contribution is 2.24. The SMILES string of the molecule is Cl.Nc1ccccc1C(=O)NCC1CCCC1O. The van der Waals surface area contributed by atoms with E-state index in [2.05, 4.69) is 5.32 Å². The number of carbonyl (C=O) groups is 1. The van der Waals surface area contributed by atoms with Crippen LogP contribution in [-0.4, -0.2) is 23.7 Å². The van der Waals surface area contributed by atoms with Crippen LogP contribution in [0, 0.1) is 5.92 Å². The number of aliphatic hydroxyl groups excluding tert-OH is 1. The summed E-state index contributed by atoms with van der Waals surface area (Å²) >= 11 is 0. The van der Waals surface area contributed by atoms with E-state index in [0.29, 0.717) is 17.8 Å². The molecule has 2 unspecified atom stereocenters. The maximum Gasteiger partial charge on any atom is 0.253 e. The highest BCUT2D eigenvalue weighted by molar-refractivity contribution is 5.99. The summed E-state index contributed by atoms with van der Waals surface area (Å²) in [6.07, 6.45) is 2.58. The van der Waals surface area contributed by atoms with Crippen molar-refractivity contribution < 1.29 is 9.90 Å². The second kappa shape index (κ2) is 6.61. The number of hydrogen-bond acceptors (Lipinski definition) is 3. The van der Waals surface area contributed by atoms with Crippen molar-refractivity contribution in [3.8, 4) is 0 Å². The van der Waals surface area contributed by atoms with Gasteiger partial charge in [0.25, 0.3) is 5.91 Å². The molecule has 0 radical (unpaired) electrons. The van der Waals surface area contributed by atoms with Crippen molar-refractivity contribution >= 4 is 24.0 Å². The van der Waals surface area contributed by atoms with E-state index in [1.54, 1.807) is 24.3 Å². The predicted molar refractivity (Wildman–Crippen MR) is 73.8 cm³/mol. The summed E-state index contributed by atoms with van der Waals surface area (Å²) in [7, 11) is 0. The number of nitrogens with one attached hydrogen (secondary N) is 1. The molecule has 5 heteroatoms. The second-order valence-corrected chi connectivity index (χ2v) is 4.56. The number of benzene rings is 1. The lowest BCUT2D eigenvalue weighted by molar-refractivity contribution is 0.0917. The van der Waals surface area contributed by atoms with Crippen molar-refractivity contribution in [2.24, 2.45) is 5.92 Å². The van der Waals surface area contributed by atoms with Crippen LogP contribution in [0.25, 0.3) is 0 Å². The Morgan fingerprint density at radius 1 is 1.39 bits per heavy atom. The van der Waals surface area contributed by atoms with Crippen LogP contribution in [0.1, 0.15) is 29.6 Å². The monoisotopic (exact) mass is 270 g/mol. The second-order valence-electron chi connectivity index (χ2n) is 4.56. The molecule has 0 heterocycles. The Labute approximate surface area is 113 Å². The zero-order valence-corrected chi connectivity index (χ0v) is 11.0. The van der Waals surface area contributed by atoms with Crippen molar-refractivity contribution in [2.75, 3.05) is 12.3 Å². The molecule has 1 aromatic carbocycles. The average Bonchev–Trinajstić information content (AvgIpc) is 2.72. The van der Waals surface area contributed by atoms with E-state index in [0.717, 1.165) is 19.3 Å². The van der Waals surface area contributed by atoms with Crippen molar-refractivity contribution in [2.45, 2.75) is 25.4 Å². The van der Waals surface area contributed by atoms with E-state index in [1.807, 2.05) is 0 Å². The van der Waals surface area contributed by atoms with Crippen molar-refractivity contribution in [3.63, 3.8) is 0 Å². The van der Waals surface area contributed by atoms with Gasteiger partial charge >= 0.3 is 0 Å². The lowest BCUT2D eigenvalue weighted by Crippen LogP contribution is -2.32. The number of halogens is 1. The molecule has 1 aliphatic rings. The molecule has 0 saturated heterocycles. The first-order valence-corrected chi connectivity index (χ1v) is 5.99. The molecule has 0 aromatic heterocycles. The highest BCUT2D eigenvalue weighted by atomic mass is 35.5. The molecule has 1 fully saturated rings. The molecular formula is C13H19ClN2O2. The van der Waals surface area contributed by atoms with Gasteiger partial charge in [-0.15, -0.1) is 12.4 Å². The van der Waals surface area contributed by atoms with Gasteiger partial charge in [-0.25, -0.2) is 0 Å². The van der Waals surface area contributed by atoms with Crippen LogP contribution in [0.5, 0.6) is 0 Å². The smallest absolute Gasteiger partial charge is 0.253 e. The number of para-hydroxylation sites is 1. The van der Waals surface area contributed by atoms with Crippen molar-refractivity contribution in [1.82, 2.24) is 5.32 Å². The lowest BCUT2D eigenvalue weighted by Gasteiger charge is -2.15. The molecule has 1 aromatic rings. The van der Waals surface area contributed by atoms with Crippen LogP contribution in [-0.2, 0) is 0 Å². The van der Waals surface area contributed by atoms with Gasteiger partial charge < -0.3 is 16.2 Å². The maximum atomic E-state index is 11.9. The standard InChI is InChI=1S/C13H18N2O2.ClH/c14-11-6-2-1-5-10(11)13(17)15-8-9-4-3-7-12(9)16;/h1-2,5-6,9,12,16H,3-4,7-8,14H2,(H,15,17);1H. The van der Waals surface area contributed by atoms with E-state index >= 15 is 0 Å². The van der Waals surface area contributed by atoms with Crippen LogP contribution in [0.4, 0.5) is 5.69 Å². The highest BCUT2D eigenvalue weighted by Gasteiger charge is 2.25. The minimum atomic E-state index is -0.275.